The Kier molecular flexibility index (Phi) is 5.90. The lowest BCUT2D eigenvalue weighted by atomic mass is 9.89. The smallest absolute Gasteiger partial charge is 0.267 e. The van der Waals surface area contributed by atoms with E-state index in [1.54, 1.807) is 12.1 Å². The highest BCUT2D eigenvalue weighted by Gasteiger charge is 2.36. The van der Waals surface area contributed by atoms with Crippen LogP contribution in [0.15, 0.2) is 18.2 Å². The zero-order valence-corrected chi connectivity index (χ0v) is 18.5. The number of aromatic nitrogens is 1. The maximum absolute atomic E-state index is 14.1. The Morgan fingerprint density at radius 3 is 2.84 bits per heavy atom. The first kappa shape index (κ1) is 21.4. The Morgan fingerprint density at radius 2 is 2.09 bits per heavy atom. The van der Waals surface area contributed by atoms with E-state index in [1.165, 1.54) is 6.07 Å². The van der Waals surface area contributed by atoms with E-state index in [2.05, 4.69) is 15.2 Å². The molecule has 2 N–H and O–H groups in total. The maximum atomic E-state index is 14.1. The van der Waals surface area contributed by atoms with Crippen molar-refractivity contribution in [3.63, 3.8) is 0 Å². The number of ether oxygens (including phenoxy) is 1. The number of fused-ring (bicyclic) bond motifs is 1. The monoisotopic (exact) mass is 442 g/mol. The molecule has 1 aromatic carbocycles. The number of H-pyrrole nitrogens is 1. The van der Waals surface area contributed by atoms with Crippen molar-refractivity contribution in [2.75, 3.05) is 32.8 Å². The van der Waals surface area contributed by atoms with E-state index in [4.69, 9.17) is 4.74 Å². The molecule has 1 aliphatic carbocycles. The lowest BCUT2D eigenvalue weighted by Crippen LogP contribution is -2.58. The summed E-state index contributed by atoms with van der Waals surface area (Å²) in [6, 6.07) is 5.31. The van der Waals surface area contributed by atoms with E-state index in [1.807, 2.05) is 11.8 Å². The summed E-state index contributed by atoms with van der Waals surface area (Å²) in [6.45, 7) is 5.36. The minimum atomic E-state index is -0.327. The van der Waals surface area contributed by atoms with Crippen molar-refractivity contribution in [1.82, 2.24) is 20.1 Å². The van der Waals surface area contributed by atoms with Crippen molar-refractivity contribution in [1.29, 1.82) is 0 Å². The van der Waals surface area contributed by atoms with Gasteiger partial charge in [-0.1, -0.05) is 6.07 Å². The third-order valence-corrected chi connectivity index (χ3v) is 7.32. The summed E-state index contributed by atoms with van der Waals surface area (Å²) < 4.78 is 19.6. The van der Waals surface area contributed by atoms with E-state index in [-0.39, 0.29) is 29.7 Å². The standard InChI is InChI=1S/C24H31FN4O3/c1-15-5-6-20(25)19-12-21(27-23(15)19)24(31)26-16-3-2-4-17(11-16)28-8-9-29(22(30)13-28)18-7-10-32-14-18/h5-6,12,16-18,27H,2-4,7-11,13-14H2,1H3,(H,26,31)/t16-,17-,18?/m1/s1. The summed E-state index contributed by atoms with van der Waals surface area (Å²) in [5, 5.41) is 3.58. The van der Waals surface area contributed by atoms with Crippen LogP contribution in [0.2, 0.25) is 0 Å². The summed E-state index contributed by atoms with van der Waals surface area (Å²) in [6.07, 6.45) is 4.74. The first-order valence-electron chi connectivity index (χ1n) is 11.7. The van der Waals surface area contributed by atoms with E-state index < -0.39 is 0 Å². The van der Waals surface area contributed by atoms with Gasteiger partial charge in [-0.05, 0) is 56.7 Å². The van der Waals surface area contributed by atoms with Gasteiger partial charge in [0, 0.05) is 37.2 Å². The van der Waals surface area contributed by atoms with E-state index in [9.17, 15) is 14.0 Å². The van der Waals surface area contributed by atoms with Crippen LogP contribution in [0.3, 0.4) is 0 Å². The number of carbonyl (C=O) groups excluding carboxylic acids is 2. The fourth-order valence-electron chi connectivity index (χ4n) is 5.51. The molecule has 172 valence electrons. The van der Waals surface area contributed by atoms with Crippen LogP contribution >= 0.6 is 0 Å². The van der Waals surface area contributed by atoms with Gasteiger partial charge in [0.15, 0.2) is 0 Å². The lowest BCUT2D eigenvalue weighted by molar-refractivity contribution is -0.140. The SMILES string of the molecule is Cc1ccc(F)c2cc(C(=O)N[C@@H]3CCC[C@@H](N4CCN(C5CCOC5)C(=O)C4)C3)[nH]c12. The van der Waals surface area contributed by atoms with E-state index in [0.717, 1.165) is 57.4 Å². The molecule has 3 aliphatic rings. The number of aromatic amines is 1. The summed E-state index contributed by atoms with van der Waals surface area (Å²) in [7, 11) is 0. The van der Waals surface area contributed by atoms with Gasteiger partial charge in [0.25, 0.3) is 5.91 Å². The molecular weight excluding hydrogens is 411 g/mol. The first-order chi connectivity index (χ1) is 15.5. The minimum absolute atomic E-state index is 0.0509. The highest BCUT2D eigenvalue weighted by molar-refractivity contribution is 5.99. The van der Waals surface area contributed by atoms with Crippen LogP contribution in [0.5, 0.6) is 0 Å². The van der Waals surface area contributed by atoms with Gasteiger partial charge in [-0.25, -0.2) is 4.39 Å². The fourth-order valence-corrected chi connectivity index (χ4v) is 5.51. The third kappa shape index (κ3) is 4.13. The average molecular weight is 443 g/mol. The van der Waals surface area contributed by atoms with Crippen LogP contribution in [-0.2, 0) is 9.53 Å². The number of aryl methyl sites for hydroxylation is 1. The predicted molar refractivity (Wildman–Crippen MR) is 119 cm³/mol. The lowest BCUT2D eigenvalue weighted by Gasteiger charge is -2.43. The highest BCUT2D eigenvalue weighted by atomic mass is 19.1. The Hall–Kier alpha value is -2.45. The van der Waals surface area contributed by atoms with Gasteiger partial charge in [0.05, 0.1) is 24.7 Å². The molecule has 0 spiro atoms. The second-order valence-electron chi connectivity index (χ2n) is 9.40. The number of piperazine rings is 1. The van der Waals surface area contributed by atoms with Gasteiger partial charge in [-0.2, -0.15) is 0 Å². The van der Waals surface area contributed by atoms with Crippen molar-refractivity contribution in [2.24, 2.45) is 0 Å². The van der Waals surface area contributed by atoms with Crippen molar-refractivity contribution >= 4 is 22.7 Å². The number of hydrogen-bond acceptors (Lipinski definition) is 4. The van der Waals surface area contributed by atoms with Gasteiger partial charge in [0.2, 0.25) is 5.91 Å². The molecule has 3 fully saturated rings. The van der Waals surface area contributed by atoms with Crippen molar-refractivity contribution in [3.8, 4) is 0 Å². The number of nitrogens with zero attached hydrogens (tertiary/aromatic N) is 2. The van der Waals surface area contributed by atoms with Crippen LogP contribution in [0.4, 0.5) is 4.39 Å². The van der Waals surface area contributed by atoms with Gasteiger partial charge >= 0.3 is 0 Å². The molecular formula is C24H31FN4O3. The number of rotatable bonds is 4. The number of halogens is 1. The molecule has 8 heteroatoms. The number of hydrogen-bond donors (Lipinski definition) is 2. The summed E-state index contributed by atoms with van der Waals surface area (Å²) in [4.78, 5) is 33.0. The quantitative estimate of drug-likeness (QED) is 0.763. The molecule has 3 atom stereocenters. The van der Waals surface area contributed by atoms with Crippen LogP contribution in [0.25, 0.3) is 10.9 Å². The molecule has 1 saturated carbocycles. The first-order valence-corrected chi connectivity index (χ1v) is 11.7. The second kappa shape index (κ2) is 8.83. The zero-order valence-electron chi connectivity index (χ0n) is 18.5. The molecule has 3 heterocycles. The number of carbonyl (C=O) groups is 2. The van der Waals surface area contributed by atoms with E-state index >= 15 is 0 Å². The molecule has 0 radical (unpaired) electrons. The fraction of sp³-hybridized carbons (Fsp3) is 0.583. The molecule has 2 aliphatic heterocycles. The molecule has 5 rings (SSSR count). The highest BCUT2D eigenvalue weighted by Crippen LogP contribution is 2.27. The Bertz CT molecular complexity index is 977. The predicted octanol–water partition coefficient (Wildman–Crippen LogP) is 2.59. The van der Waals surface area contributed by atoms with E-state index in [0.29, 0.717) is 35.8 Å². The molecule has 2 amide bonds. The molecule has 0 bridgehead atoms. The van der Waals surface area contributed by atoms with Crippen LogP contribution in [0.1, 0.15) is 48.2 Å². The number of amides is 2. The molecule has 1 aromatic heterocycles. The zero-order chi connectivity index (χ0) is 22.2. The molecule has 32 heavy (non-hydrogen) atoms. The third-order valence-electron chi connectivity index (χ3n) is 7.32. The van der Waals surface area contributed by atoms with Gasteiger partial charge in [-0.15, -0.1) is 0 Å². The second-order valence-corrected chi connectivity index (χ2v) is 9.40. The Labute approximate surface area is 187 Å². The average Bonchev–Trinajstić information content (AvgIpc) is 3.47. The van der Waals surface area contributed by atoms with Gasteiger partial charge < -0.3 is 19.9 Å². The maximum Gasteiger partial charge on any atom is 0.267 e. The number of benzene rings is 1. The van der Waals surface area contributed by atoms with Crippen molar-refractivity contribution < 1.29 is 18.7 Å². The van der Waals surface area contributed by atoms with Crippen molar-refractivity contribution in [2.45, 2.75) is 57.2 Å². The van der Waals surface area contributed by atoms with Gasteiger partial charge in [0.1, 0.15) is 11.5 Å². The molecule has 2 aromatic rings. The van der Waals surface area contributed by atoms with Crippen LogP contribution < -0.4 is 5.32 Å². The Balaban J connectivity index is 1.20. The minimum Gasteiger partial charge on any atom is -0.379 e. The summed E-state index contributed by atoms with van der Waals surface area (Å²) in [5.41, 5.74) is 1.96. The largest absolute Gasteiger partial charge is 0.379 e. The number of nitrogens with one attached hydrogen (secondary N) is 2. The Morgan fingerprint density at radius 1 is 1.22 bits per heavy atom. The molecule has 7 nitrogen and oxygen atoms in total. The molecule has 1 unspecified atom stereocenters. The molecule has 2 saturated heterocycles. The topological polar surface area (TPSA) is 77.7 Å². The van der Waals surface area contributed by atoms with Crippen molar-refractivity contribution in [3.05, 3.63) is 35.3 Å². The normalized spacial score (nSPS) is 27.2. The van der Waals surface area contributed by atoms with Gasteiger partial charge in [-0.3, -0.25) is 14.5 Å². The summed E-state index contributed by atoms with van der Waals surface area (Å²) >= 11 is 0. The summed E-state index contributed by atoms with van der Waals surface area (Å²) in [5.74, 6) is -0.340. The van der Waals surface area contributed by atoms with Crippen LogP contribution in [0, 0.1) is 12.7 Å². The van der Waals surface area contributed by atoms with Crippen LogP contribution in [-0.4, -0.2) is 77.6 Å².